The average molecular weight is 297 g/mol. The summed E-state index contributed by atoms with van der Waals surface area (Å²) in [5.74, 6) is -0.778. The van der Waals surface area contributed by atoms with Gasteiger partial charge in [0.15, 0.2) is 0 Å². The van der Waals surface area contributed by atoms with Crippen molar-refractivity contribution in [1.82, 2.24) is 5.32 Å². The average Bonchev–Trinajstić information content (AvgIpc) is 2.52. The Balaban J connectivity index is 2.20. The number of benzene rings is 2. The fourth-order valence-corrected chi connectivity index (χ4v) is 2.26. The van der Waals surface area contributed by atoms with Gasteiger partial charge in [-0.3, -0.25) is 4.79 Å². The fraction of sp³-hybridized carbons (Fsp3) is 0.222. The van der Waals surface area contributed by atoms with Crippen LogP contribution in [0.15, 0.2) is 54.6 Å². The van der Waals surface area contributed by atoms with Gasteiger partial charge in [0.2, 0.25) is 0 Å². The molecule has 0 spiro atoms. The molecule has 0 radical (unpaired) electrons. The second-order valence-corrected chi connectivity index (χ2v) is 5.27. The molecule has 1 N–H and O–H groups in total. The molecule has 1 atom stereocenters. The minimum atomic E-state index is -0.721. The number of hydrogen-bond acceptors (Lipinski definition) is 3. The number of ether oxygens (including phenoxy) is 1. The zero-order chi connectivity index (χ0) is 16.1. The van der Waals surface area contributed by atoms with Gasteiger partial charge in [0, 0.05) is 5.56 Å². The van der Waals surface area contributed by atoms with E-state index in [4.69, 9.17) is 4.74 Å². The maximum absolute atomic E-state index is 12.4. The Morgan fingerprint density at radius 1 is 1.18 bits per heavy atom. The van der Waals surface area contributed by atoms with Crippen LogP contribution < -0.4 is 5.32 Å². The molecule has 0 aromatic heterocycles. The van der Waals surface area contributed by atoms with Crippen molar-refractivity contribution in [2.24, 2.45) is 0 Å². The Kier molecular flexibility index (Phi) is 4.94. The zero-order valence-electron chi connectivity index (χ0n) is 12.8. The van der Waals surface area contributed by atoms with Gasteiger partial charge in [-0.2, -0.15) is 0 Å². The molecule has 114 valence electrons. The van der Waals surface area contributed by atoms with E-state index in [0.717, 1.165) is 16.3 Å². The highest BCUT2D eigenvalue weighted by atomic mass is 16.5. The van der Waals surface area contributed by atoms with Gasteiger partial charge >= 0.3 is 5.97 Å². The van der Waals surface area contributed by atoms with Crippen LogP contribution in [0.5, 0.6) is 0 Å². The number of rotatable bonds is 5. The van der Waals surface area contributed by atoms with Gasteiger partial charge in [-0.05, 0) is 36.2 Å². The number of methoxy groups -OCH3 is 1. The number of fused-ring (bicyclic) bond motifs is 1. The molecule has 22 heavy (non-hydrogen) atoms. The van der Waals surface area contributed by atoms with E-state index < -0.39 is 12.0 Å². The summed E-state index contributed by atoms with van der Waals surface area (Å²) in [5, 5.41) is 4.74. The molecular weight excluding hydrogens is 278 g/mol. The van der Waals surface area contributed by atoms with Crippen molar-refractivity contribution in [1.29, 1.82) is 0 Å². The van der Waals surface area contributed by atoms with Crippen LogP contribution in [0, 0.1) is 0 Å². The first kappa shape index (κ1) is 15.8. The molecule has 4 nitrogen and oxygen atoms in total. The maximum atomic E-state index is 12.4. The van der Waals surface area contributed by atoms with Gasteiger partial charge in [0.1, 0.15) is 6.04 Å². The van der Waals surface area contributed by atoms with E-state index in [1.165, 1.54) is 7.11 Å². The molecule has 0 aliphatic carbocycles. The van der Waals surface area contributed by atoms with Crippen molar-refractivity contribution in [2.45, 2.75) is 19.4 Å². The first-order valence-electron chi connectivity index (χ1n) is 7.03. The van der Waals surface area contributed by atoms with E-state index in [1.807, 2.05) is 30.3 Å². The first-order valence-corrected chi connectivity index (χ1v) is 7.03. The summed E-state index contributed by atoms with van der Waals surface area (Å²) in [5.41, 5.74) is 1.31. The quantitative estimate of drug-likeness (QED) is 0.681. The minimum absolute atomic E-state index is 0.303. The molecule has 0 unspecified atom stereocenters. The summed E-state index contributed by atoms with van der Waals surface area (Å²) >= 11 is 0. The van der Waals surface area contributed by atoms with Crippen molar-refractivity contribution < 1.29 is 14.3 Å². The van der Waals surface area contributed by atoms with Gasteiger partial charge in [-0.25, -0.2) is 4.79 Å². The fourth-order valence-electron chi connectivity index (χ4n) is 2.26. The standard InChI is InChI=1S/C18H19NO3/c1-12(2)10-16(18(21)22-3)19-17(20)15-9-8-13-6-4-5-7-14(13)11-15/h4-9,11,16H,1,10H2,2-3H3,(H,19,20)/t16-/m1/s1. The first-order chi connectivity index (χ1) is 10.5. The lowest BCUT2D eigenvalue weighted by molar-refractivity contribution is -0.142. The number of esters is 1. The number of carbonyl (C=O) groups excluding carboxylic acids is 2. The van der Waals surface area contributed by atoms with Crippen LogP contribution >= 0.6 is 0 Å². The topological polar surface area (TPSA) is 55.4 Å². The predicted molar refractivity (Wildman–Crippen MR) is 86.6 cm³/mol. The third-order valence-electron chi connectivity index (χ3n) is 3.36. The predicted octanol–water partition coefficient (Wildman–Crippen LogP) is 3.08. The minimum Gasteiger partial charge on any atom is -0.467 e. The SMILES string of the molecule is C=C(C)C[C@@H](NC(=O)c1ccc2ccccc2c1)C(=O)OC. The molecular formula is C18H19NO3. The molecule has 2 aromatic carbocycles. The largest absolute Gasteiger partial charge is 0.467 e. The highest BCUT2D eigenvalue weighted by molar-refractivity contribution is 6.00. The molecule has 0 aliphatic heterocycles. The molecule has 0 bridgehead atoms. The highest BCUT2D eigenvalue weighted by Gasteiger charge is 2.22. The van der Waals surface area contributed by atoms with E-state index in [0.29, 0.717) is 12.0 Å². The van der Waals surface area contributed by atoms with Crippen LogP contribution in [0.4, 0.5) is 0 Å². The van der Waals surface area contributed by atoms with Crippen LogP contribution in [0.1, 0.15) is 23.7 Å². The van der Waals surface area contributed by atoms with Crippen LogP contribution in [-0.2, 0) is 9.53 Å². The Labute approximate surface area is 129 Å². The van der Waals surface area contributed by atoms with Crippen molar-refractivity contribution in [3.63, 3.8) is 0 Å². The van der Waals surface area contributed by atoms with E-state index in [-0.39, 0.29) is 5.91 Å². The summed E-state index contributed by atoms with van der Waals surface area (Å²) in [6.07, 6.45) is 0.353. The molecule has 0 saturated heterocycles. The van der Waals surface area contributed by atoms with Gasteiger partial charge in [0.05, 0.1) is 7.11 Å². The number of hydrogen-bond donors (Lipinski definition) is 1. The Bertz CT molecular complexity index is 721. The van der Waals surface area contributed by atoms with Gasteiger partial charge in [-0.15, -0.1) is 6.58 Å². The van der Waals surface area contributed by atoms with E-state index in [1.54, 1.807) is 19.1 Å². The second-order valence-electron chi connectivity index (χ2n) is 5.27. The molecule has 0 heterocycles. The summed E-state index contributed by atoms with van der Waals surface area (Å²) in [4.78, 5) is 24.1. The molecule has 2 rings (SSSR count). The maximum Gasteiger partial charge on any atom is 0.328 e. The number of amides is 1. The van der Waals surface area contributed by atoms with E-state index in [2.05, 4.69) is 11.9 Å². The Morgan fingerprint density at radius 3 is 2.50 bits per heavy atom. The summed E-state index contributed by atoms with van der Waals surface area (Å²) < 4.78 is 4.73. The molecule has 4 heteroatoms. The second kappa shape index (κ2) is 6.89. The lowest BCUT2D eigenvalue weighted by atomic mass is 10.1. The summed E-state index contributed by atoms with van der Waals surface area (Å²) in [7, 11) is 1.30. The van der Waals surface area contributed by atoms with Crippen LogP contribution in [-0.4, -0.2) is 25.0 Å². The third-order valence-corrected chi connectivity index (χ3v) is 3.36. The van der Waals surface area contributed by atoms with Gasteiger partial charge in [0.25, 0.3) is 5.91 Å². The summed E-state index contributed by atoms with van der Waals surface area (Å²) in [6.45, 7) is 5.58. The van der Waals surface area contributed by atoms with E-state index in [9.17, 15) is 9.59 Å². The number of carbonyl (C=O) groups is 2. The zero-order valence-corrected chi connectivity index (χ0v) is 12.8. The third kappa shape index (κ3) is 3.73. The normalized spacial score (nSPS) is 11.7. The van der Waals surface area contributed by atoms with Crippen molar-refractivity contribution in [3.05, 3.63) is 60.2 Å². The lowest BCUT2D eigenvalue weighted by Gasteiger charge is -2.16. The molecule has 1 amide bonds. The molecule has 0 saturated carbocycles. The van der Waals surface area contributed by atoms with E-state index >= 15 is 0 Å². The van der Waals surface area contributed by atoms with Crippen LogP contribution in [0.3, 0.4) is 0 Å². The lowest BCUT2D eigenvalue weighted by Crippen LogP contribution is -2.41. The Hall–Kier alpha value is -2.62. The smallest absolute Gasteiger partial charge is 0.328 e. The molecule has 2 aromatic rings. The van der Waals surface area contributed by atoms with Crippen molar-refractivity contribution in [2.75, 3.05) is 7.11 Å². The van der Waals surface area contributed by atoms with Crippen LogP contribution in [0.2, 0.25) is 0 Å². The Morgan fingerprint density at radius 2 is 1.86 bits per heavy atom. The van der Waals surface area contributed by atoms with Gasteiger partial charge < -0.3 is 10.1 Å². The van der Waals surface area contributed by atoms with Crippen LogP contribution in [0.25, 0.3) is 10.8 Å². The summed E-state index contributed by atoms with van der Waals surface area (Å²) in [6, 6.07) is 12.5. The molecule has 0 aliphatic rings. The van der Waals surface area contributed by atoms with Crippen molar-refractivity contribution in [3.8, 4) is 0 Å². The monoisotopic (exact) mass is 297 g/mol. The number of nitrogens with one attached hydrogen (secondary N) is 1. The highest BCUT2D eigenvalue weighted by Crippen LogP contribution is 2.16. The molecule has 0 fully saturated rings. The van der Waals surface area contributed by atoms with Gasteiger partial charge in [-0.1, -0.05) is 35.9 Å². The van der Waals surface area contributed by atoms with Crippen molar-refractivity contribution >= 4 is 22.6 Å².